The quantitative estimate of drug-likeness (QED) is 0.0448. The van der Waals surface area contributed by atoms with Crippen molar-refractivity contribution in [1.29, 1.82) is 0 Å². The maximum absolute atomic E-state index is 15.5. The Bertz CT molecular complexity index is 2390. The molecule has 0 aromatic carbocycles. The number of ether oxygens (including phenoxy) is 10. The molecule has 1 spiro atoms. The smallest absolute Gasteiger partial charge is 0.312 e. The van der Waals surface area contributed by atoms with E-state index in [2.05, 4.69) is 13.5 Å². The first kappa shape index (κ1) is 69.9. The van der Waals surface area contributed by atoms with Gasteiger partial charge in [-0.05, 0) is 99.4 Å². The van der Waals surface area contributed by atoms with Gasteiger partial charge in [-0.3, -0.25) is 4.79 Å². The van der Waals surface area contributed by atoms with Crippen LogP contribution < -0.4 is 0 Å². The molecule has 89 heavy (non-hydrogen) atoms. The Morgan fingerprint density at radius 2 is 0.843 bits per heavy atom. The van der Waals surface area contributed by atoms with Gasteiger partial charge in [-0.2, -0.15) is 0 Å². The van der Waals surface area contributed by atoms with Gasteiger partial charge in [0.25, 0.3) is 0 Å². The first-order chi connectivity index (χ1) is 42.1. The lowest BCUT2D eigenvalue weighted by atomic mass is 9.41. The molecule has 4 saturated heterocycles. The molecule has 31 heteroatoms. The zero-order valence-electron chi connectivity index (χ0n) is 49.6. The highest BCUT2D eigenvalue weighted by atomic mass is 16.8. The van der Waals surface area contributed by atoms with Crippen molar-refractivity contribution in [2.75, 3.05) is 39.6 Å². The maximum Gasteiger partial charge on any atom is 0.312 e. The monoisotopic (exact) mass is 1290 g/mol. The van der Waals surface area contributed by atoms with Gasteiger partial charge in [-0.15, -0.1) is 0 Å². The predicted molar refractivity (Wildman–Crippen MR) is 291 cm³/mol. The van der Waals surface area contributed by atoms with Crippen molar-refractivity contribution in [2.24, 2.45) is 39.9 Å². The molecule has 6 aliphatic carbocycles. The van der Waals surface area contributed by atoms with Gasteiger partial charge < -0.3 is 149 Å². The number of aliphatic hydroxyl groups is 20. The van der Waals surface area contributed by atoms with Gasteiger partial charge in [0.1, 0.15) is 128 Å². The second kappa shape index (κ2) is 27.3. The molecule has 10 rings (SSSR count). The normalized spacial score (nSPS) is 54.5. The van der Waals surface area contributed by atoms with Gasteiger partial charge in [0.05, 0.1) is 55.8 Å². The summed E-state index contributed by atoms with van der Waals surface area (Å²) in [4.78, 5) is 15.5. The highest BCUT2D eigenvalue weighted by molar-refractivity contribution is 5.77. The minimum absolute atomic E-state index is 0.0823. The Labute approximate surface area is 512 Å². The van der Waals surface area contributed by atoms with E-state index >= 15 is 4.79 Å². The van der Waals surface area contributed by atoms with Crippen LogP contribution in [0.1, 0.15) is 84.5 Å². The zero-order chi connectivity index (χ0) is 64.7. The fraction of sp³-hybridized carbons (Fsp3) is 0.948. The van der Waals surface area contributed by atoms with Crippen molar-refractivity contribution in [3.05, 3.63) is 12.2 Å². The molecule has 0 aromatic heterocycles. The molecular weight excluding hydrogens is 1190 g/mol. The van der Waals surface area contributed by atoms with E-state index in [-0.39, 0.29) is 24.7 Å². The van der Waals surface area contributed by atoms with Gasteiger partial charge >= 0.3 is 5.97 Å². The third kappa shape index (κ3) is 12.3. The maximum atomic E-state index is 15.5. The van der Waals surface area contributed by atoms with Crippen LogP contribution in [-0.2, 0) is 52.2 Å². The Balaban J connectivity index is 0.921. The van der Waals surface area contributed by atoms with Gasteiger partial charge in [0.15, 0.2) is 25.2 Å². The number of hydrogen-bond acceptors (Lipinski definition) is 31. The molecule has 31 nitrogen and oxygen atoms in total. The first-order valence-electron chi connectivity index (χ1n) is 31.1. The summed E-state index contributed by atoms with van der Waals surface area (Å²) in [6, 6.07) is 0. The molecule has 36 atom stereocenters. The van der Waals surface area contributed by atoms with Crippen LogP contribution in [0.3, 0.4) is 0 Å². The fourth-order valence-corrected chi connectivity index (χ4v) is 17.4. The van der Waals surface area contributed by atoms with E-state index in [1.54, 1.807) is 0 Å². The molecule has 10 aliphatic rings. The van der Waals surface area contributed by atoms with E-state index in [1.165, 1.54) is 0 Å². The van der Waals surface area contributed by atoms with Crippen molar-refractivity contribution in [3.8, 4) is 0 Å². The number of carbonyl (C=O) groups is 1. The second-order valence-corrected chi connectivity index (χ2v) is 27.4. The summed E-state index contributed by atoms with van der Waals surface area (Å²) in [6.07, 6.45) is -45.3. The number of esters is 1. The number of carbonyl (C=O) groups excluding carboxylic acids is 1. The number of hydrogen-bond donors (Lipinski definition) is 20. The molecule has 2 bridgehead atoms. The van der Waals surface area contributed by atoms with Gasteiger partial charge in [-0.1, -0.05) is 19.9 Å². The van der Waals surface area contributed by atoms with Crippen molar-refractivity contribution in [3.63, 3.8) is 0 Å². The van der Waals surface area contributed by atoms with Crippen LogP contribution in [0.25, 0.3) is 0 Å². The van der Waals surface area contributed by atoms with Crippen molar-refractivity contribution in [1.82, 2.24) is 0 Å². The summed E-state index contributed by atoms with van der Waals surface area (Å²) < 4.78 is 61.7. The van der Waals surface area contributed by atoms with E-state index in [0.717, 1.165) is 0 Å². The molecule has 20 N–H and O–H groups in total. The molecular formula is C58H94O31. The molecule has 0 aromatic rings. The minimum Gasteiger partial charge on any atom is -0.459 e. The fourth-order valence-electron chi connectivity index (χ4n) is 17.4. The summed E-state index contributed by atoms with van der Waals surface area (Å²) in [5.41, 5.74) is -2.75. The lowest BCUT2D eigenvalue weighted by Crippen LogP contribution is -2.66. The van der Waals surface area contributed by atoms with Crippen LogP contribution in [0, 0.1) is 39.9 Å². The minimum atomic E-state index is -2.02. The van der Waals surface area contributed by atoms with Crippen molar-refractivity contribution < 1.29 is 154 Å². The van der Waals surface area contributed by atoms with Gasteiger partial charge in [0.2, 0.25) is 0 Å². The topological polar surface area (TPSA) is 514 Å². The van der Waals surface area contributed by atoms with Crippen LogP contribution in [0.4, 0.5) is 0 Å². The van der Waals surface area contributed by atoms with Crippen LogP contribution in [0.5, 0.6) is 0 Å². The molecule has 0 radical (unpaired) electrons. The average molecular weight is 1290 g/mol. The van der Waals surface area contributed by atoms with E-state index < -0.39 is 251 Å². The Kier molecular flexibility index (Phi) is 21.4. The van der Waals surface area contributed by atoms with Gasteiger partial charge in [-0.25, -0.2) is 0 Å². The average Bonchev–Trinajstić information content (AvgIpc) is 1.62. The Hall–Kier alpha value is -1.95. The van der Waals surface area contributed by atoms with Gasteiger partial charge in [0, 0.05) is 25.0 Å². The van der Waals surface area contributed by atoms with Crippen molar-refractivity contribution >= 4 is 5.97 Å². The second-order valence-electron chi connectivity index (χ2n) is 27.4. The summed E-state index contributed by atoms with van der Waals surface area (Å²) in [6.45, 7) is 3.82. The standard InChI is InChI=1S/C58H94O31/c1-21-13-57-9-5-30-55(2,7-4-8-56(30,3)54(79)84-24-11-22(14-59)32(65)48(87-52-44(77)40(73)36(69)28(18-63)82-52)46(24)85-50-42(75)38(71)34(67)26(16-61)80-50)31(57)6-10-58(21,20-57)89-25-12-23(15-60)33(66)49(88-53-45(78)41(74)37(70)29(19-64)83-53)47(25)86-51-43(76)39(72)35(68)27(17-62)81-51/h22-53,59-78H,1,4-20H2,2-3H3/t22?,23?,24?,25?,26?,27?,28?,29?,30?,31-,32?,33?,34?,35?,36?,37?,38?,39?,40?,41?,42?,43?,44?,45?,46?,47?,48?,49?,50?,51?,52?,53?,55+,56+,57+,58?/m0/s1. The van der Waals surface area contributed by atoms with Crippen LogP contribution in [0.2, 0.25) is 0 Å². The van der Waals surface area contributed by atoms with E-state index in [4.69, 9.17) is 47.4 Å². The lowest BCUT2D eigenvalue weighted by Gasteiger charge is -2.64. The first-order valence-corrected chi connectivity index (χ1v) is 31.1. The largest absolute Gasteiger partial charge is 0.459 e. The van der Waals surface area contributed by atoms with Crippen LogP contribution in [-0.4, -0.2) is 325 Å². The summed E-state index contributed by atoms with van der Waals surface area (Å²) in [5, 5.41) is 216. The highest BCUT2D eigenvalue weighted by Crippen LogP contribution is 2.74. The summed E-state index contributed by atoms with van der Waals surface area (Å²) in [7, 11) is 0. The number of fused-ring (bicyclic) bond motifs is 3. The highest BCUT2D eigenvalue weighted by Gasteiger charge is 2.70. The Morgan fingerprint density at radius 1 is 0.461 bits per heavy atom. The van der Waals surface area contributed by atoms with E-state index in [0.29, 0.717) is 63.4 Å². The van der Waals surface area contributed by atoms with Crippen molar-refractivity contribution in [2.45, 2.75) is 262 Å². The third-order valence-electron chi connectivity index (χ3n) is 22.3. The Morgan fingerprint density at radius 3 is 1.25 bits per heavy atom. The number of aliphatic hydroxyl groups excluding tert-OH is 20. The van der Waals surface area contributed by atoms with Crippen LogP contribution >= 0.6 is 0 Å². The SMILES string of the molecule is C=C1C[C@@]23CCC4[C@](C)(C(=O)OC5CC(CO)C(O)C(OC6OC(CO)C(O)C(O)C6O)C5OC5OC(CO)C(O)C(O)C5O)CCC[C@@]4(C)[C@@H]2CCC1(OC1CC(CO)C(O)C(OC2OC(CO)C(O)C(O)C2O)C1OC1OC(CO)C(O)C(O)C1O)C3. The lowest BCUT2D eigenvalue weighted by molar-refractivity contribution is -0.365. The van der Waals surface area contributed by atoms with E-state index in [9.17, 15) is 102 Å². The third-order valence-corrected chi connectivity index (χ3v) is 22.3. The summed E-state index contributed by atoms with van der Waals surface area (Å²) >= 11 is 0. The molecule has 512 valence electrons. The predicted octanol–water partition coefficient (Wildman–Crippen LogP) is -8.14. The van der Waals surface area contributed by atoms with E-state index in [1.807, 2.05) is 6.92 Å². The molecule has 32 unspecified atom stereocenters. The van der Waals surface area contributed by atoms with Crippen LogP contribution in [0.15, 0.2) is 12.2 Å². The molecule has 10 fully saturated rings. The summed E-state index contributed by atoms with van der Waals surface area (Å²) in [5.74, 6) is -3.31. The molecule has 6 saturated carbocycles. The zero-order valence-corrected chi connectivity index (χ0v) is 49.6. The molecule has 4 heterocycles. The molecule has 4 aliphatic heterocycles. The number of rotatable bonds is 18. The molecule has 0 amide bonds.